The highest BCUT2D eigenvalue weighted by Gasteiger charge is 2.00. The SMILES string of the molecule is CCC(CC)NCCSCc1ccccc1. The van der Waals surface area contributed by atoms with Crippen molar-refractivity contribution >= 4 is 11.8 Å². The Labute approximate surface area is 104 Å². The molecule has 2 heteroatoms. The predicted octanol–water partition coefficient (Wildman–Crippen LogP) is 3.70. The Morgan fingerprint density at radius 1 is 1.12 bits per heavy atom. The lowest BCUT2D eigenvalue weighted by Crippen LogP contribution is -2.29. The second-order valence-corrected chi connectivity index (χ2v) is 5.11. The average molecular weight is 237 g/mol. The van der Waals surface area contributed by atoms with Crippen LogP contribution in [0.15, 0.2) is 30.3 Å². The van der Waals surface area contributed by atoms with Crippen LogP contribution in [0.2, 0.25) is 0 Å². The zero-order valence-electron chi connectivity index (χ0n) is 10.4. The Bertz CT molecular complexity index is 257. The van der Waals surface area contributed by atoms with E-state index in [1.807, 2.05) is 11.8 Å². The summed E-state index contributed by atoms with van der Waals surface area (Å²) in [4.78, 5) is 0. The zero-order valence-corrected chi connectivity index (χ0v) is 11.2. The van der Waals surface area contributed by atoms with Gasteiger partial charge < -0.3 is 5.32 Å². The first-order chi connectivity index (χ1) is 7.86. The fourth-order valence-corrected chi connectivity index (χ4v) is 2.51. The van der Waals surface area contributed by atoms with Gasteiger partial charge in [-0.3, -0.25) is 0 Å². The zero-order chi connectivity index (χ0) is 11.6. The van der Waals surface area contributed by atoms with Gasteiger partial charge in [-0.15, -0.1) is 0 Å². The van der Waals surface area contributed by atoms with E-state index in [2.05, 4.69) is 49.5 Å². The molecular weight excluding hydrogens is 214 g/mol. The third-order valence-electron chi connectivity index (χ3n) is 2.78. The average Bonchev–Trinajstić information content (AvgIpc) is 2.35. The standard InChI is InChI=1S/C14H23NS/c1-3-14(4-2)15-10-11-16-12-13-8-6-5-7-9-13/h5-9,14-15H,3-4,10-12H2,1-2H3. The summed E-state index contributed by atoms with van der Waals surface area (Å²) in [6.45, 7) is 5.63. The number of thioether (sulfide) groups is 1. The number of benzene rings is 1. The van der Waals surface area contributed by atoms with Gasteiger partial charge in [0.25, 0.3) is 0 Å². The molecule has 1 rings (SSSR count). The molecule has 1 N–H and O–H groups in total. The summed E-state index contributed by atoms with van der Waals surface area (Å²) in [7, 11) is 0. The highest BCUT2D eigenvalue weighted by Crippen LogP contribution is 2.10. The van der Waals surface area contributed by atoms with Gasteiger partial charge in [-0.25, -0.2) is 0 Å². The number of hydrogen-bond acceptors (Lipinski definition) is 2. The highest BCUT2D eigenvalue weighted by molar-refractivity contribution is 7.98. The van der Waals surface area contributed by atoms with E-state index in [9.17, 15) is 0 Å². The lowest BCUT2D eigenvalue weighted by atomic mass is 10.2. The maximum absolute atomic E-state index is 3.58. The van der Waals surface area contributed by atoms with Crippen molar-refractivity contribution in [1.82, 2.24) is 5.32 Å². The minimum absolute atomic E-state index is 0.706. The third kappa shape index (κ3) is 5.57. The minimum atomic E-state index is 0.706. The number of nitrogens with one attached hydrogen (secondary N) is 1. The van der Waals surface area contributed by atoms with E-state index in [1.54, 1.807) is 0 Å². The van der Waals surface area contributed by atoms with Crippen LogP contribution >= 0.6 is 11.8 Å². The van der Waals surface area contributed by atoms with E-state index in [-0.39, 0.29) is 0 Å². The van der Waals surface area contributed by atoms with E-state index >= 15 is 0 Å². The minimum Gasteiger partial charge on any atom is -0.313 e. The second-order valence-electron chi connectivity index (χ2n) is 4.01. The van der Waals surface area contributed by atoms with Crippen LogP contribution in [0.3, 0.4) is 0 Å². The molecule has 0 bridgehead atoms. The van der Waals surface area contributed by atoms with Gasteiger partial charge >= 0.3 is 0 Å². The molecule has 1 aromatic carbocycles. The molecule has 0 atom stereocenters. The Kier molecular flexibility index (Phi) is 7.35. The van der Waals surface area contributed by atoms with Crippen LogP contribution in [0.1, 0.15) is 32.3 Å². The van der Waals surface area contributed by atoms with Gasteiger partial charge in [0.2, 0.25) is 0 Å². The Balaban J connectivity index is 2.04. The summed E-state index contributed by atoms with van der Waals surface area (Å²) in [5, 5.41) is 3.58. The van der Waals surface area contributed by atoms with Crippen molar-refractivity contribution in [3.63, 3.8) is 0 Å². The largest absolute Gasteiger partial charge is 0.313 e. The van der Waals surface area contributed by atoms with E-state index in [0.29, 0.717) is 6.04 Å². The molecule has 1 nitrogen and oxygen atoms in total. The highest BCUT2D eigenvalue weighted by atomic mass is 32.2. The summed E-state index contributed by atoms with van der Waals surface area (Å²) in [6.07, 6.45) is 2.47. The van der Waals surface area contributed by atoms with Gasteiger partial charge in [0, 0.05) is 24.1 Å². The van der Waals surface area contributed by atoms with Crippen LogP contribution in [0.25, 0.3) is 0 Å². The molecule has 0 saturated carbocycles. The van der Waals surface area contributed by atoms with Gasteiger partial charge in [0.15, 0.2) is 0 Å². The molecule has 0 unspecified atom stereocenters. The molecule has 0 saturated heterocycles. The Morgan fingerprint density at radius 2 is 1.81 bits per heavy atom. The number of hydrogen-bond donors (Lipinski definition) is 1. The molecule has 0 amide bonds. The van der Waals surface area contributed by atoms with Crippen molar-refractivity contribution < 1.29 is 0 Å². The summed E-state index contributed by atoms with van der Waals surface area (Å²) in [6, 6.07) is 11.4. The quantitative estimate of drug-likeness (QED) is 0.692. The van der Waals surface area contributed by atoms with Crippen molar-refractivity contribution in [3.8, 4) is 0 Å². The molecule has 0 fully saturated rings. The number of rotatable bonds is 8. The van der Waals surface area contributed by atoms with Crippen LogP contribution in [-0.2, 0) is 5.75 Å². The maximum Gasteiger partial charge on any atom is 0.0185 e. The van der Waals surface area contributed by atoms with Crippen LogP contribution in [0, 0.1) is 0 Å². The molecular formula is C14H23NS. The van der Waals surface area contributed by atoms with E-state index in [0.717, 1.165) is 12.3 Å². The fraction of sp³-hybridized carbons (Fsp3) is 0.571. The summed E-state index contributed by atoms with van der Waals surface area (Å²) in [5.74, 6) is 2.33. The molecule has 0 aliphatic carbocycles. The van der Waals surface area contributed by atoms with E-state index < -0.39 is 0 Å². The smallest absolute Gasteiger partial charge is 0.0185 e. The van der Waals surface area contributed by atoms with Crippen molar-refractivity contribution in [1.29, 1.82) is 0 Å². The summed E-state index contributed by atoms with van der Waals surface area (Å²) < 4.78 is 0. The molecule has 1 aromatic rings. The molecule has 0 aliphatic heterocycles. The van der Waals surface area contributed by atoms with Crippen molar-refractivity contribution in [2.24, 2.45) is 0 Å². The van der Waals surface area contributed by atoms with Gasteiger partial charge in [-0.1, -0.05) is 44.2 Å². The third-order valence-corrected chi connectivity index (χ3v) is 3.81. The van der Waals surface area contributed by atoms with Crippen LogP contribution < -0.4 is 5.32 Å². The lowest BCUT2D eigenvalue weighted by Gasteiger charge is -2.14. The Hall–Kier alpha value is -0.470. The van der Waals surface area contributed by atoms with Gasteiger partial charge in [-0.05, 0) is 18.4 Å². The maximum atomic E-state index is 3.58. The van der Waals surface area contributed by atoms with Crippen molar-refractivity contribution in [3.05, 3.63) is 35.9 Å². The summed E-state index contributed by atoms with van der Waals surface area (Å²) >= 11 is 2.01. The van der Waals surface area contributed by atoms with Gasteiger partial charge in [0.05, 0.1) is 0 Å². The molecule has 0 aromatic heterocycles. The summed E-state index contributed by atoms with van der Waals surface area (Å²) in [5.41, 5.74) is 1.43. The monoisotopic (exact) mass is 237 g/mol. The molecule has 0 spiro atoms. The molecule has 0 aliphatic rings. The van der Waals surface area contributed by atoms with Crippen molar-refractivity contribution in [2.75, 3.05) is 12.3 Å². The Morgan fingerprint density at radius 3 is 2.44 bits per heavy atom. The fourth-order valence-electron chi connectivity index (χ4n) is 1.68. The molecule has 16 heavy (non-hydrogen) atoms. The molecule has 0 radical (unpaired) electrons. The first-order valence-electron chi connectivity index (χ1n) is 6.21. The normalized spacial score (nSPS) is 10.9. The first-order valence-corrected chi connectivity index (χ1v) is 7.37. The lowest BCUT2D eigenvalue weighted by molar-refractivity contribution is 0.501. The van der Waals surface area contributed by atoms with Crippen molar-refractivity contribution in [2.45, 2.75) is 38.5 Å². The molecule has 0 heterocycles. The van der Waals surface area contributed by atoms with Gasteiger partial charge in [-0.2, -0.15) is 11.8 Å². The first kappa shape index (κ1) is 13.6. The van der Waals surface area contributed by atoms with E-state index in [4.69, 9.17) is 0 Å². The van der Waals surface area contributed by atoms with Crippen LogP contribution in [-0.4, -0.2) is 18.3 Å². The van der Waals surface area contributed by atoms with E-state index in [1.165, 1.54) is 24.2 Å². The molecule has 90 valence electrons. The van der Waals surface area contributed by atoms with Gasteiger partial charge in [0.1, 0.15) is 0 Å². The van der Waals surface area contributed by atoms with Crippen LogP contribution in [0.5, 0.6) is 0 Å². The van der Waals surface area contributed by atoms with Crippen LogP contribution in [0.4, 0.5) is 0 Å². The topological polar surface area (TPSA) is 12.0 Å². The predicted molar refractivity (Wildman–Crippen MR) is 75.0 cm³/mol. The second kappa shape index (κ2) is 8.66.